The molecule has 2 aliphatic heterocycles. The highest BCUT2D eigenvalue weighted by Gasteiger charge is 2.27. The molecule has 0 aromatic heterocycles. The second-order valence-electron chi connectivity index (χ2n) is 7.92. The van der Waals surface area contributed by atoms with E-state index in [9.17, 15) is 14.9 Å². The van der Waals surface area contributed by atoms with Crippen molar-refractivity contribution in [2.45, 2.75) is 12.8 Å². The van der Waals surface area contributed by atoms with E-state index < -0.39 is 4.92 Å². The van der Waals surface area contributed by atoms with Crippen molar-refractivity contribution >= 4 is 17.3 Å². The molecule has 4 rings (SSSR count). The van der Waals surface area contributed by atoms with Crippen LogP contribution in [0.5, 0.6) is 5.75 Å². The Kier molecular flexibility index (Phi) is 6.66. The number of piperidine rings is 1. The number of amides is 1. The van der Waals surface area contributed by atoms with Crippen molar-refractivity contribution in [1.29, 1.82) is 0 Å². The number of benzene rings is 2. The van der Waals surface area contributed by atoms with Crippen molar-refractivity contribution in [3.05, 3.63) is 64.2 Å². The van der Waals surface area contributed by atoms with Crippen LogP contribution in [-0.2, 0) is 4.74 Å². The molecule has 2 aliphatic rings. The monoisotopic (exact) mass is 425 g/mol. The van der Waals surface area contributed by atoms with Gasteiger partial charge < -0.3 is 19.3 Å². The maximum absolute atomic E-state index is 12.7. The van der Waals surface area contributed by atoms with Crippen LogP contribution in [0.2, 0.25) is 0 Å². The highest BCUT2D eigenvalue weighted by atomic mass is 16.6. The Balaban J connectivity index is 1.39. The first-order chi connectivity index (χ1) is 15.1. The number of carbonyl (C=O) groups is 1. The topological polar surface area (TPSA) is 85.2 Å². The minimum atomic E-state index is -0.393. The Morgan fingerprint density at radius 1 is 1.06 bits per heavy atom. The highest BCUT2D eigenvalue weighted by molar-refractivity contribution is 5.96. The molecule has 0 atom stereocenters. The largest absolute Gasteiger partial charge is 0.493 e. The number of morpholine rings is 1. The highest BCUT2D eigenvalue weighted by Crippen LogP contribution is 2.33. The zero-order valence-electron chi connectivity index (χ0n) is 17.4. The molecule has 0 unspecified atom stereocenters. The van der Waals surface area contributed by atoms with Gasteiger partial charge in [0.2, 0.25) is 0 Å². The summed E-state index contributed by atoms with van der Waals surface area (Å²) in [5.41, 5.74) is 0.910. The summed E-state index contributed by atoms with van der Waals surface area (Å²) in [6.07, 6.45) is 1.80. The molecular formula is C23H27N3O5. The quantitative estimate of drug-likeness (QED) is 0.521. The predicted octanol–water partition coefficient (Wildman–Crippen LogP) is 3.36. The lowest BCUT2D eigenvalue weighted by molar-refractivity contribution is -0.384. The Morgan fingerprint density at radius 2 is 1.77 bits per heavy atom. The van der Waals surface area contributed by atoms with Crippen molar-refractivity contribution in [3.8, 4) is 5.75 Å². The number of carbonyl (C=O) groups excluding carboxylic acids is 1. The van der Waals surface area contributed by atoms with E-state index in [4.69, 9.17) is 9.47 Å². The fraction of sp³-hybridized carbons (Fsp3) is 0.435. The molecule has 0 aliphatic carbocycles. The van der Waals surface area contributed by atoms with Crippen LogP contribution >= 0.6 is 0 Å². The average Bonchev–Trinajstić information content (AvgIpc) is 2.83. The number of hydrogen-bond acceptors (Lipinski definition) is 6. The van der Waals surface area contributed by atoms with Crippen LogP contribution in [0.25, 0.3) is 0 Å². The van der Waals surface area contributed by atoms with Crippen LogP contribution in [0.3, 0.4) is 0 Å². The van der Waals surface area contributed by atoms with Crippen molar-refractivity contribution in [2.75, 3.05) is 50.9 Å². The number of nitro benzene ring substituents is 1. The predicted molar refractivity (Wildman–Crippen MR) is 117 cm³/mol. The van der Waals surface area contributed by atoms with E-state index in [2.05, 4.69) is 0 Å². The van der Waals surface area contributed by atoms with Crippen molar-refractivity contribution in [3.63, 3.8) is 0 Å². The normalized spacial score (nSPS) is 17.4. The number of hydrogen-bond donors (Lipinski definition) is 0. The number of anilines is 1. The summed E-state index contributed by atoms with van der Waals surface area (Å²) in [6, 6.07) is 14.6. The molecule has 2 aromatic carbocycles. The molecule has 2 fully saturated rings. The van der Waals surface area contributed by atoms with Gasteiger partial charge in [0.25, 0.3) is 11.6 Å². The van der Waals surface area contributed by atoms with Gasteiger partial charge in [-0.05, 0) is 43.0 Å². The molecular weight excluding hydrogens is 398 g/mol. The molecule has 0 saturated carbocycles. The van der Waals surface area contributed by atoms with Gasteiger partial charge in [0, 0.05) is 37.8 Å². The average molecular weight is 425 g/mol. The number of ether oxygens (including phenoxy) is 2. The lowest BCUT2D eigenvalue weighted by atomic mass is 9.97. The van der Waals surface area contributed by atoms with Crippen LogP contribution in [-0.4, -0.2) is 61.7 Å². The second kappa shape index (κ2) is 9.78. The Morgan fingerprint density at radius 3 is 2.45 bits per heavy atom. The summed E-state index contributed by atoms with van der Waals surface area (Å²) in [5, 5.41) is 11.8. The van der Waals surface area contributed by atoms with Gasteiger partial charge in [-0.2, -0.15) is 0 Å². The standard InChI is InChI=1S/C23H27N3O5/c27-23(25-12-14-30-15-13-25)19-6-7-21(22(16-19)26(28)29)24-10-8-18(9-11-24)17-31-20-4-2-1-3-5-20/h1-7,16,18H,8-15,17H2. The Bertz CT molecular complexity index is 907. The number of para-hydroxylation sites is 1. The van der Waals surface area contributed by atoms with Gasteiger partial charge in [-0.1, -0.05) is 18.2 Å². The van der Waals surface area contributed by atoms with E-state index in [1.807, 2.05) is 35.2 Å². The number of rotatable bonds is 6. The van der Waals surface area contributed by atoms with Crippen LogP contribution in [0.15, 0.2) is 48.5 Å². The summed E-state index contributed by atoms with van der Waals surface area (Å²) in [4.78, 5) is 27.8. The molecule has 1 amide bonds. The van der Waals surface area contributed by atoms with Crippen LogP contribution in [0, 0.1) is 16.0 Å². The van der Waals surface area contributed by atoms with Crippen molar-refractivity contribution < 1.29 is 19.2 Å². The molecule has 164 valence electrons. The summed E-state index contributed by atoms with van der Waals surface area (Å²) in [7, 11) is 0. The van der Waals surface area contributed by atoms with Gasteiger partial charge >= 0.3 is 0 Å². The van der Waals surface area contributed by atoms with E-state index in [1.54, 1.807) is 17.0 Å². The molecule has 0 bridgehead atoms. The fourth-order valence-electron chi connectivity index (χ4n) is 4.09. The SMILES string of the molecule is O=C(c1ccc(N2CCC(COc3ccccc3)CC2)c([N+](=O)[O-])c1)N1CCOCC1. The van der Waals surface area contributed by atoms with Crippen LogP contribution < -0.4 is 9.64 Å². The second-order valence-corrected chi connectivity index (χ2v) is 7.92. The van der Waals surface area contributed by atoms with Gasteiger partial charge in [0.05, 0.1) is 24.7 Å². The van der Waals surface area contributed by atoms with Crippen molar-refractivity contribution in [2.24, 2.45) is 5.92 Å². The van der Waals surface area contributed by atoms with Gasteiger partial charge in [0.15, 0.2) is 0 Å². The van der Waals surface area contributed by atoms with Crippen molar-refractivity contribution in [1.82, 2.24) is 4.90 Å². The molecule has 0 spiro atoms. The Labute approximate surface area is 181 Å². The lowest BCUT2D eigenvalue weighted by Crippen LogP contribution is -2.40. The fourth-order valence-corrected chi connectivity index (χ4v) is 4.09. The molecule has 2 aromatic rings. The first-order valence-corrected chi connectivity index (χ1v) is 10.7. The zero-order valence-corrected chi connectivity index (χ0v) is 17.4. The smallest absolute Gasteiger partial charge is 0.293 e. The molecule has 0 radical (unpaired) electrons. The minimum absolute atomic E-state index is 0.0157. The third kappa shape index (κ3) is 5.14. The number of nitro groups is 1. The third-order valence-electron chi connectivity index (χ3n) is 5.90. The molecule has 2 saturated heterocycles. The minimum Gasteiger partial charge on any atom is -0.493 e. The molecule has 2 heterocycles. The summed E-state index contributed by atoms with van der Waals surface area (Å²) < 4.78 is 11.1. The maximum atomic E-state index is 12.7. The van der Waals surface area contributed by atoms with E-state index in [1.165, 1.54) is 6.07 Å². The maximum Gasteiger partial charge on any atom is 0.293 e. The first-order valence-electron chi connectivity index (χ1n) is 10.7. The summed E-state index contributed by atoms with van der Waals surface area (Å²) in [6.45, 7) is 4.09. The summed E-state index contributed by atoms with van der Waals surface area (Å²) >= 11 is 0. The van der Waals surface area contributed by atoms with E-state index in [-0.39, 0.29) is 11.6 Å². The van der Waals surface area contributed by atoms with Crippen LogP contribution in [0.4, 0.5) is 11.4 Å². The van der Waals surface area contributed by atoms with Gasteiger partial charge in [0.1, 0.15) is 11.4 Å². The zero-order chi connectivity index (χ0) is 21.6. The van der Waals surface area contributed by atoms with E-state index in [0.717, 1.165) is 31.7 Å². The van der Waals surface area contributed by atoms with Gasteiger partial charge in [-0.15, -0.1) is 0 Å². The molecule has 31 heavy (non-hydrogen) atoms. The summed E-state index contributed by atoms with van der Waals surface area (Å²) in [5.74, 6) is 1.09. The Hall–Kier alpha value is -3.13. The van der Waals surface area contributed by atoms with Crippen LogP contribution in [0.1, 0.15) is 23.2 Å². The molecule has 8 heteroatoms. The first kappa shape index (κ1) is 21.1. The third-order valence-corrected chi connectivity index (χ3v) is 5.90. The van der Waals surface area contributed by atoms with E-state index in [0.29, 0.717) is 50.1 Å². The lowest BCUT2D eigenvalue weighted by Gasteiger charge is -2.33. The molecule has 8 nitrogen and oxygen atoms in total. The molecule has 0 N–H and O–H groups in total. The van der Waals surface area contributed by atoms with Gasteiger partial charge in [-0.25, -0.2) is 0 Å². The van der Waals surface area contributed by atoms with Gasteiger partial charge in [-0.3, -0.25) is 14.9 Å². The number of nitrogens with zero attached hydrogens (tertiary/aromatic N) is 3. The van der Waals surface area contributed by atoms with E-state index >= 15 is 0 Å².